The number of aromatic nitrogens is 3. The monoisotopic (exact) mass is 433 g/mol. The molecule has 9 nitrogen and oxygen atoms in total. The standard InChI is InChI=1S/C23H23N5O4/c1-15-12-16(2)28(26-15)20-10-9-17(13-24-20)23(31)32-14-21(29)25-18-6-3-4-7-19(18)27-11-5-8-22(27)30/h3-4,6-7,9-10,12-13H,5,8,11,14H2,1-2H3,(H,25,29). The molecule has 0 bridgehead atoms. The summed E-state index contributed by atoms with van der Waals surface area (Å²) in [5.41, 5.74) is 3.16. The van der Waals surface area contributed by atoms with Gasteiger partial charge in [0.1, 0.15) is 0 Å². The summed E-state index contributed by atoms with van der Waals surface area (Å²) in [6, 6.07) is 12.2. The molecule has 0 radical (unpaired) electrons. The van der Waals surface area contributed by atoms with Crippen LogP contribution in [0.4, 0.5) is 11.4 Å². The molecule has 1 N–H and O–H groups in total. The fourth-order valence-electron chi connectivity index (χ4n) is 3.61. The second-order valence-electron chi connectivity index (χ2n) is 7.53. The van der Waals surface area contributed by atoms with Crippen LogP contribution >= 0.6 is 0 Å². The van der Waals surface area contributed by atoms with Crippen molar-refractivity contribution in [2.75, 3.05) is 23.4 Å². The molecule has 1 aliphatic heterocycles. The molecule has 0 aliphatic carbocycles. The Morgan fingerprint density at radius 1 is 1.16 bits per heavy atom. The molecule has 0 atom stereocenters. The van der Waals surface area contributed by atoms with Gasteiger partial charge in [-0.3, -0.25) is 9.59 Å². The van der Waals surface area contributed by atoms with Crippen molar-refractivity contribution in [1.82, 2.24) is 14.8 Å². The highest BCUT2D eigenvalue weighted by Crippen LogP contribution is 2.29. The Kier molecular flexibility index (Phi) is 5.98. The lowest BCUT2D eigenvalue weighted by molar-refractivity contribution is -0.119. The molecule has 0 saturated carbocycles. The summed E-state index contributed by atoms with van der Waals surface area (Å²) >= 11 is 0. The van der Waals surface area contributed by atoms with Crippen LogP contribution in [0.1, 0.15) is 34.6 Å². The van der Waals surface area contributed by atoms with Crippen LogP contribution in [0.3, 0.4) is 0 Å². The molecule has 0 unspecified atom stereocenters. The molecular weight excluding hydrogens is 410 g/mol. The predicted molar refractivity (Wildman–Crippen MR) is 118 cm³/mol. The molecule has 1 aromatic carbocycles. The lowest BCUT2D eigenvalue weighted by Gasteiger charge is -2.19. The second kappa shape index (κ2) is 9.01. The van der Waals surface area contributed by atoms with Gasteiger partial charge in [0.25, 0.3) is 5.91 Å². The Balaban J connectivity index is 1.36. The minimum Gasteiger partial charge on any atom is -0.452 e. The normalized spacial score (nSPS) is 13.3. The summed E-state index contributed by atoms with van der Waals surface area (Å²) in [5, 5.41) is 7.07. The topological polar surface area (TPSA) is 106 Å². The fraction of sp³-hybridized carbons (Fsp3) is 0.261. The third-order valence-corrected chi connectivity index (χ3v) is 5.09. The van der Waals surface area contributed by atoms with Crippen molar-refractivity contribution in [1.29, 1.82) is 0 Å². The minimum atomic E-state index is -0.657. The molecule has 1 aliphatic rings. The van der Waals surface area contributed by atoms with Crippen molar-refractivity contribution in [2.45, 2.75) is 26.7 Å². The molecule has 9 heteroatoms. The zero-order valence-corrected chi connectivity index (χ0v) is 17.9. The number of aryl methyl sites for hydroxylation is 2. The molecule has 2 aromatic heterocycles. The van der Waals surface area contributed by atoms with Crippen molar-refractivity contribution in [3.05, 3.63) is 65.6 Å². The Labute approximate surface area is 185 Å². The first-order valence-electron chi connectivity index (χ1n) is 10.3. The summed E-state index contributed by atoms with van der Waals surface area (Å²) in [4.78, 5) is 42.6. The molecule has 1 saturated heterocycles. The molecule has 32 heavy (non-hydrogen) atoms. The number of pyridine rings is 1. The van der Waals surface area contributed by atoms with E-state index in [2.05, 4.69) is 15.4 Å². The number of nitrogens with one attached hydrogen (secondary N) is 1. The van der Waals surface area contributed by atoms with Gasteiger partial charge in [-0.05, 0) is 50.6 Å². The first kappa shape index (κ1) is 21.2. The molecule has 164 valence electrons. The molecule has 4 rings (SSSR count). The fourth-order valence-corrected chi connectivity index (χ4v) is 3.61. The van der Waals surface area contributed by atoms with Crippen LogP contribution in [0.15, 0.2) is 48.7 Å². The molecular formula is C23H23N5O4. The Hall–Kier alpha value is -4.01. The van der Waals surface area contributed by atoms with Gasteiger partial charge in [-0.15, -0.1) is 0 Å². The van der Waals surface area contributed by atoms with Crippen molar-refractivity contribution >= 4 is 29.2 Å². The zero-order valence-electron chi connectivity index (χ0n) is 17.9. The highest BCUT2D eigenvalue weighted by Gasteiger charge is 2.24. The van der Waals surface area contributed by atoms with Crippen LogP contribution in [-0.2, 0) is 14.3 Å². The van der Waals surface area contributed by atoms with Crippen molar-refractivity contribution in [3.63, 3.8) is 0 Å². The second-order valence-corrected chi connectivity index (χ2v) is 7.53. The van der Waals surface area contributed by atoms with E-state index >= 15 is 0 Å². The Bertz CT molecular complexity index is 1170. The van der Waals surface area contributed by atoms with Crippen LogP contribution in [-0.4, -0.2) is 45.7 Å². The molecule has 3 aromatic rings. The number of esters is 1. The lowest BCUT2D eigenvalue weighted by Crippen LogP contribution is -2.27. The number of nitrogens with zero attached hydrogens (tertiary/aromatic N) is 4. The van der Waals surface area contributed by atoms with Crippen molar-refractivity contribution < 1.29 is 19.1 Å². The predicted octanol–water partition coefficient (Wildman–Crippen LogP) is 2.81. The van der Waals surface area contributed by atoms with Crippen molar-refractivity contribution in [2.24, 2.45) is 0 Å². The number of amides is 2. The van der Waals surface area contributed by atoms with E-state index in [9.17, 15) is 14.4 Å². The summed E-state index contributed by atoms with van der Waals surface area (Å²) in [6.07, 6.45) is 2.66. The number of hydrogen-bond acceptors (Lipinski definition) is 6. The van der Waals surface area contributed by atoms with Crippen LogP contribution in [0.5, 0.6) is 0 Å². The quantitative estimate of drug-likeness (QED) is 0.599. The average Bonchev–Trinajstić information content (AvgIpc) is 3.36. The van der Waals surface area contributed by atoms with Gasteiger partial charge in [0.2, 0.25) is 5.91 Å². The van der Waals surface area contributed by atoms with Crippen LogP contribution in [0.25, 0.3) is 5.82 Å². The Morgan fingerprint density at radius 2 is 1.97 bits per heavy atom. The Morgan fingerprint density at radius 3 is 2.62 bits per heavy atom. The lowest BCUT2D eigenvalue weighted by atomic mass is 10.2. The highest BCUT2D eigenvalue weighted by atomic mass is 16.5. The number of rotatable bonds is 6. The number of ether oxygens (including phenoxy) is 1. The molecule has 1 fully saturated rings. The number of carbonyl (C=O) groups excluding carboxylic acids is 3. The van der Waals surface area contributed by atoms with Gasteiger partial charge in [-0.1, -0.05) is 12.1 Å². The van der Waals surface area contributed by atoms with Gasteiger partial charge in [-0.25, -0.2) is 14.5 Å². The summed E-state index contributed by atoms with van der Waals surface area (Å²) in [7, 11) is 0. The molecule has 0 spiro atoms. The highest BCUT2D eigenvalue weighted by molar-refractivity contribution is 6.02. The van der Waals surface area contributed by atoms with E-state index in [4.69, 9.17) is 4.74 Å². The van der Waals surface area contributed by atoms with Gasteiger partial charge in [-0.2, -0.15) is 5.10 Å². The first-order valence-corrected chi connectivity index (χ1v) is 10.3. The summed E-state index contributed by atoms with van der Waals surface area (Å²) in [6.45, 7) is 3.96. The van der Waals surface area contributed by atoms with E-state index in [-0.39, 0.29) is 11.5 Å². The number of carbonyl (C=O) groups is 3. The average molecular weight is 433 g/mol. The van der Waals surface area contributed by atoms with E-state index in [1.165, 1.54) is 6.20 Å². The maximum atomic E-state index is 12.4. The number of anilines is 2. The van der Waals surface area contributed by atoms with Crippen LogP contribution in [0.2, 0.25) is 0 Å². The number of hydrogen-bond donors (Lipinski definition) is 1. The van der Waals surface area contributed by atoms with E-state index in [0.717, 1.165) is 17.8 Å². The van der Waals surface area contributed by atoms with Crippen LogP contribution < -0.4 is 10.2 Å². The van der Waals surface area contributed by atoms with Gasteiger partial charge in [0.05, 0.1) is 22.6 Å². The summed E-state index contributed by atoms with van der Waals surface area (Å²) in [5.74, 6) is -0.548. The van der Waals surface area contributed by atoms with Gasteiger partial charge < -0.3 is 15.0 Å². The van der Waals surface area contributed by atoms with E-state index in [1.807, 2.05) is 19.9 Å². The SMILES string of the molecule is Cc1cc(C)n(-c2ccc(C(=O)OCC(=O)Nc3ccccc3N3CCCC3=O)cn2)n1. The number of benzene rings is 1. The smallest absolute Gasteiger partial charge is 0.340 e. The summed E-state index contributed by atoms with van der Waals surface area (Å²) < 4.78 is 6.81. The zero-order chi connectivity index (χ0) is 22.7. The molecule has 2 amide bonds. The first-order chi connectivity index (χ1) is 15.4. The minimum absolute atomic E-state index is 0.0227. The van der Waals surface area contributed by atoms with E-state index in [1.54, 1.807) is 46.0 Å². The number of para-hydroxylation sites is 2. The van der Waals surface area contributed by atoms with E-state index in [0.29, 0.717) is 30.2 Å². The van der Waals surface area contributed by atoms with Gasteiger partial charge in [0.15, 0.2) is 12.4 Å². The maximum Gasteiger partial charge on any atom is 0.340 e. The largest absolute Gasteiger partial charge is 0.452 e. The van der Waals surface area contributed by atoms with Crippen LogP contribution in [0, 0.1) is 13.8 Å². The molecule has 3 heterocycles. The van der Waals surface area contributed by atoms with Crippen molar-refractivity contribution in [3.8, 4) is 5.82 Å². The maximum absolute atomic E-state index is 12.4. The van der Waals surface area contributed by atoms with Gasteiger partial charge in [0, 0.05) is 24.9 Å². The van der Waals surface area contributed by atoms with E-state index < -0.39 is 18.5 Å². The third-order valence-electron chi connectivity index (χ3n) is 5.09. The van der Waals surface area contributed by atoms with Gasteiger partial charge >= 0.3 is 5.97 Å². The third kappa shape index (κ3) is 4.51.